The van der Waals surface area contributed by atoms with E-state index in [1.54, 1.807) is 43.3 Å². The molecule has 0 atom stereocenters. The molecule has 0 fully saturated rings. The van der Waals surface area contributed by atoms with Crippen LogP contribution in [-0.4, -0.2) is 22.8 Å². The van der Waals surface area contributed by atoms with Crippen molar-refractivity contribution in [2.75, 3.05) is 11.1 Å². The molecule has 0 aliphatic carbocycles. The van der Waals surface area contributed by atoms with Crippen molar-refractivity contribution in [2.24, 2.45) is 0 Å². The third kappa shape index (κ3) is 4.77. The second kappa shape index (κ2) is 6.83. The van der Waals surface area contributed by atoms with Gasteiger partial charge in [0, 0.05) is 16.8 Å². The average Bonchev–Trinajstić information content (AvgIpc) is 2.46. The maximum absolute atomic E-state index is 12.3. The maximum atomic E-state index is 12.3. The second-order valence-corrected chi connectivity index (χ2v) is 5.56. The van der Waals surface area contributed by atoms with Gasteiger partial charge in [-0.15, -0.1) is 11.8 Å². The van der Waals surface area contributed by atoms with E-state index < -0.39 is 17.8 Å². The van der Waals surface area contributed by atoms with E-state index in [1.165, 1.54) is 6.20 Å². The third-order valence-electron chi connectivity index (χ3n) is 2.70. The summed E-state index contributed by atoms with van der Waals surface area (Å²) in [6.07, 6.45) is -2.83. The SMILES string of the molecule is Cc1ccc(C(=O)Nc2ccccc2SCC(F)(F)F)cn1. The van der Waals surface area contributed by atoms with Crippen molar-refractivity contribution < 1.29 is 18.0 Å². The van der Waals surface area contributed by atoms with Gasteiger partial charge in [-0.1, -0.05) is 12.1 Å². The molecule has 116 valence electrons. The first-order valence-corrected chi connectivity index (χ1v) is 7.36. The lowest BCUT2D eigenvalue weighted by atomic mass is 10.2. The number of carbonyl (C=O) groups excluding carboxylic acids is 1. The van der Waals surface area contributed by atoms with Crippen molar-refractivity contribution >= 4 is 23.4 Å². The van der Waals surface area contributed by atoms with Gasteiger partial charge < -0.3 is 5.32 Å². The molecule has 0 radical (unpaired) electrons. The van der Waals surface area contributed by atoms with Gasteiger partial charge in [0.15, 0.2) is 0 Å². The van der Waals surface area contributed by atoms with Gasteiger partial charge in [-0.3, -0.25) is 9.78 Å². The summed E-state index contributed by atoms with van der Waals surface area (Å²) >= 11 is 0.638. The number of aryl methyl sites for hydroxylation is 1. The van der Waals surface area contributed by atoms with Gasteiger partial charge in [-0.25, -0.2) is 0 Å². The van der Waals surface area contributed by atoms with Crippen molar-refractivity contribution in [3.63, 3.8) is 0 Å². The molecule has 3 nitrogen and oxygen atoms in total. The van der Waals surface area contributed by atoms with Crippen LogP contribution in [-0.2, 0) is 0 Å². The molecule has 0 aliphatic rings. The van der Waals surface area contributed by atoms with E-state index in [4.69, 9.17) is 0 Å². The smallest absolute Gasteiger partial charge is 0.321 e. The molecule has 1 heterocycles. The van der Waals surface area contributed by atoms with Gasteiger partial charge in [0.1, 0.15) is 0 Å². The quantitative estimate of drug-likeness (QED) is 0.852. The summed E-state index contributed by atoms with van der Waals surface area (Å²) in [6, 6.07) is 9.70. The second-order valence-electron chi connectivity index (χ2n) is 4.54. The minimum atomic E-state index is -4.26. The molecular formula is C15H13F3N2OS. The van der Waals surface area contributed by atoms with Gasteiger partial charge >= 0.3 is 6.18 Å². The molecule has 1 N–H and O–H groups in total. The Bertz CT molecular complexity index is 657. The van der Waals surface area contributed by atoms with Gasteiger partial charge in [0.2, 0.25) is 0 Å². The number of alkyl halides is 3. The Balaban J connectivity index is 2.12. The molecule has 0 aliphatic heterocycles. The molecule has 0 spiro atoms. The monoisotopic (exact) mass is 326 g/mol. The lowest BCUT2D eigenvalue weighted by Crippen LogP contribution is -2.14. The Kier molecular flexibility index (Phi) is 5.07. The molecule has 2 rings (SSSR count). The van der Waals surface area contributed by atoms with Crippen molar-refractivity contribution in [2.45, 2.75) is 18.0 Å². The van der Waals surface area contributed by atoms with Crippen LogP contribution in [0.5, 0.6) is 0 Å². The first-order chi connectivity index (χ1) is 10.3. The Morgan fingerprint density at radius 2 is 1.95 bits per heavy atom. The summed E-state index contributed by atoms with van der Waals surface area (Å²) in [4.78, 5) is 16.5. The van der Waals surface area contributed by atoms with E-state index in [0.717, 1.165) is 5.69 Å². The van der Waals surface area contributed by atoms with Crippen molar-refractivity contribution in [3.8, 4) is 0 Å². The predicted molar refractivity (Wildman–Crippen MR) is 80.1 cm³/mol. The molecule has 0 saturated heterocycles. The Labute approximate surface area is 129 Å². The fourth-order valence-electron chi connectivity index (χ4n) is 1.65. The number of hydrogen-bond donors (Lipinski definition) is 1. The summed E-state index contributed by atoms with van der Waals surface area (Å²) in [5, 5.41) is 2.62. The Morgan fingerprint density at radius 1 is 1.23 bits per heavy atom. The van der Waals surface area contributed by atoms with Gasteiger partial charge in [-0.2, -0.15) is 13.2 Å². The fraction of sp³-hybridized carbons (Fsp3) is 0.200. The molecule has 1 aromatic heterocycles. The zero-order valence-electron chi connectivity index (χ0n) is 11.6. The van der Waals surface area contributed by atoms with E-state index in [2.05, 4.69) is 10.3 Å². The first-order valence-electron chi connectivity index (χ1n) is 6.38. The first kappa shape index (κ1) is 16.4. The highest BCUT2D eigenvalue weighted by Crippen LogP contribution is 2.32. The normalized spacial score (nSPS) is 11.3. The Morgan fingerprint density at radius 3 is 2.59 bits per heavy atom. The largest absolute Gasteiger partial charge is 0.398 e. The predicted octanol–water partition coefficient (Wildman–Crippen LogP) is 4.30. The topological polar surface area (TPSA) is 42.0 Å². The van der Waals surface area contributed by atoms with Crippen LogP contribution >= 0.6 is 11.8 Å². The summed E-state index contributed by atoms with van der Waals surface area (Å²) in [5.41, 5.74) is 1.47. The molecular weight excluding hydrogens is 313 g/mol. The summed E-state index contributed by atoms with van der Waals surface area (Å²) in [5.74, 6) is -1.42. The highest BCUT2D eigenvalue weighted by Gasteiger charge is 2.27. The molecule has 7 heteroatoms. The number of carbonyl (C=O) groups is 1. The molecule has 0 unspecified atom stereocenters. The lowest BCUT2D eigenvalue weighted by Gasteiger charge is -2.12. The highest BCUT2D eigenvalue weighted by molar-refractivity contribution is 7.99. The van der Waals surface area contributed by atoms with E-state index in [0.29, 0.717) is 27.9 Å². The van der Waals surface area contributed by atoms with Crippen molar-refractivity contribution in [3.05, 3.63) is 53.9 Å². The number of hydrogen-bond acceptors (Lipinski definition) is 3. The van der Waals surface area contributed by atoms with Crippen LogP contribution in [0.25, 0.3) is 0 Å². The Hall–Kier alpha value is -2.02. The number of pyridine rings is 1. The van der Waals surface area contributed by atoms with Crippen molar-refractivity contribution in [1.82, 2.24) is 4.98 Å². The van der Waals surface area contributed by atoms with Crippen molar-refractivity contribution in [1.29, 1.82) is 0 Å². The third-order valence-corrected chi connectivity index (χ3v) is 3.84. The van der Waals surface area contributed by atoms with Gasteiger partial charge in [0.05, 0.1) is 17.0 Å². The lowest BCUT2D eigenvalue weighted by molar-refractivity contribution is -0.105. The minimum Gasteiger partial charge on any atom is -0.321 e. The van der Waals surface area contributed by atoms with Crippen LogP contribution in [0.2, 0.25) is 0 Å². The van der Waals surface area contributed by atoms with E-state index in [-0.39, 0.29) is 0 Å². The van der Waals surface area contributed by atoms with Crippen LogP contribution in [0.3, 0.4) is 0 Å². The number of nitrogens with one attached hydrogen (secondary N) is 1. The molecule has 1 amide bonds. The standard InChI is InChI=1S/C15H13F3N2OS/c1-10-6-7-11(8-19-10)14(21)20-12-4-2-3-5-13(12)22-9-15(16,17)18/h2-8H,9H2,1H3,(H,20,21). The zero-order valence-corrected chi connectivity index (χ0v) is 12.5. The van der Waals surface area contributed by atoms with Crippen LogP contribution in [0, 0.1) is 6.92 Å². The van der Waals surface area contributed by atoms with Gasteiger partial charge in [-0.05, 0) is 31.2 Å². The maximum Gasteiger partial charge on any atom is 0.398 e. The minimum absolute atomic E-state index is 0.348. The van der Waals surface area contributed by atoms with Crippen LogP contribution in [0.15, 0.2) is 47.5 Å². The van der Waals surface area contributed by atoms with E-state index >= 15 is 0 Å². The summed E-state index contributed by atoms with van der Waals surface area (Å²) < 4.78 is 37.0. The van der Waals surface area contributed by atoms with Crippen LogP contribution in [0.1, 0.15) is 16.1 Å². The molecule has 0 saturated carbocycles. The number of halogens is 3. The molecule has 22 heavy (non-hydrogen) atoms. The van der Waals surface area contributed by atoms with Crippen LogP contribution < -0.4 is 5.32 Å². The molecule has 2 aromatic rings. The zero-order chi connectivity index (χ0) is 16.2. The number of amides is 1. The summed E-state index contributed by atoms with van der Waals surface area (Å²) in [7, 11) is 0. The molecule has 0 bridgehead atoms. The number of thioether (sulfide) groups is 1. The molecule has 1 aromatic carbocycles. The number of para-hydroxylation sites is 1. The number of anilines is 1. The van der Waals surface area contributed by atoms with Crippen LogP contribution in [0.4, 0.5) is 18.9 Å². The number of rotatable bonds is 4. The fourth-order valence-corrected chi connectivity index (χ4v) is 2.42. The highest BCUT2D eigenvalue weighted by atomic mass is 32.2. The van der Waals surface area contributed by atoms with E-state index in [1.807, 2.05) is 0 Å². The number of aromatic nitrogens is 1. The van der Waals surface area contributed by atoms with E-state index in [9.17, 15) is 18.0 Å². The average molecular weight is 326 g/mol. The number of nitrogens with zero attached hydrogens (tertiary/aromatic N) is 1. The summed E-state index contributed by atoms with van der Waals surface area (Å²) in [6.45, 7) is 1.80. The van der Waals surface area contributed by atoms with Gasteiger partial charge in [0.25, 0.3) is 5.91 Å². The number of benzene rings is 1.